The molecular weight excluding hydrogens is 240 g/mol. The van der Waals surface area contributed by atoms with Crippen molar-refractivity contribution in [2.75, 3.05) is 20.2 Å². The minimum atomic E-state index is -0.0494. The lowest BCUT2D eigenvalue weighted by molar-refractivity contribution is 0.0947. The highest BCUT2D eigenvalue weighted by Gasteiger charge is 2.16. The summed E-state index contributed by atoms with van der Waals surface area (Å²) in [5.41, 5.74) is 9.20. The lowest BCUT2D eigenvalue weighted by atomic mass is 9.98. The number of methoxy groups -OCH3 is 1. The molecule has 1 rings (SSSR count). The summed E-state index contributed by atoms with van der Waals surface area (Å²) in [4.78, 5) is 12.2. The summed E-state index contributed by atoms with van der Waals surface area (Å²) in [6.07, 6.45) is 0. The van der Waals surface area contributed by atoms with Gasteiger partial charge in [-0.15, -0.1) is 0 Å². The summed E-state index contributed by atoms with van der Waals surface area (Å²) in [7, 11) is 1.65. The van der Waals surface area contributed by atoms with Crippen LogP contribution in [0.4, 0.5) is 0 Å². The van der Waals surface area contributed by atoms with Crippen molar-refractivity contribution < 1.29 is 9.53 Å². The van der Waals surface area contributed by atoms with Crippen molar-refractivity contribution in [3.8, 4) is 5.75 Å². The number of hydrogen-bond acceptors (Lipinski definition) is 3. The summed E-state index contributed by atoms with van der Waals surface area (Å²) in [6.45, 7) is 9.04. The summed E-state index contributed by atoms with van der Waals surface area (Å²) in [6, 6.07) is 1.88. The van der Waals surface area contributed by atoms with Crippen LogP contribution in [0.25, 0.3) is 0 Å². The van der Waals surface area contributed by atoms with Crippen LogP contribution in [-0.2, 0) is 0 Å². The molecule has 1 aromatic rings. The summed E-state index contributed by atoms with van der Waals surface area (Å²) in [5.74, 6) is 1.08. The molecule has 0 saturated carbocycles. The van der Waals surface area contributed by atoms with Crippen molar-refractivity contribution in [2.24, 2.45) is 11.7 Å². The van der Waals surface area contributed by atoms with Gasteiger partial charge in [0, 0.05) is 12.1 Å². The van der Waals surface area contributed by atoms with Gasteiger partial charge >= 0.3 is 0 Å². The number of carbonyl (C=O) groups excluding carboxylic acids is 1. The maximum absolute atomic E-state index is 12.2. The van der Waals surface area contributed by atoms with Gasteiger partial charge in [-0.1, -0.05) is 6.92 Å². The van der Waals surface area contributed by atoms with E-state index in [1.165, 1.54) is 0 Å². The molecule has 0 aliphatic heterocycles. The van der Waals surface area contributed by atoms with E-state index < -0.39 is 0 Å². The molecule has 1 amide bonds. The standard InChI is InChI=1S/C15H24N2O2/c1-9(7-16)8-17-15(18)13-6-10(2)14(19-5)12(4)11(13)3/h6,9H,7-8,16H2,1-5H3,(H,17,18). The lowest BCUT2D eigenvalue weighted by Gasteiger charge is -2.16. The van der Waals surface area contributed by atoms with E-state index in [0.29, 0.717) is 18.7 Å². The Morgan fingerprint density at radius 3 is 2.53 bits per heavy atom. The van der Waals surface area contributed by atoms with Crippen molar-refractivity contribution in [3.05, 3.63) is 28.3 Å². The van der Waals surface area contributed by atoms with Crippen molar-refractivity contribution in [2.45, 2.75) is 27.7 Å². The molecule has 0 spiro atoms. The van der Waals surface area contributed by atoms with Gasteiger partial charge in [-0.2, -0.15) is 0 Å². The molecule has 0 aromatic heterocycles. The Morgan fingerprint density at radius 1 is 1.37 bits per heavy atom. The molecule has 0 heterocycles. The fourth-order valence-corrected chi connectivity index (χ4v) is 2.05. The predicted molar refractivity (Wildman–Crippen MR) is 77.8 cm³/mol. The van der Waals surface area contributed by atoms with Gasteiger partial charge in [-0.25, -0.2) is 0 Å². The van der Waals surface area contributed by atoms with E-state index in [1.807, 2.05) is 33.8 Å². The summed E-state index contributed by atoms with van der Waals surface area (Å²) in [5, 5.41) is 2.92. The zero-order valence-corrected chi connectivity index (χ0v) is 12.5. The largest absolute Gasteiger partial charge is 0.496 e. The van der Waals surface area contributed by atoms with Gasteiger partial charge in [0.05, 0.1) is 7.11 Å². The van der Waals surface area contributed by atoms with Crippen LogP contribution in [0, 0.1) is 26.7 Å². The third-order valence-electron chi connectivity index (χ3n) is 3.49. The van der Waals surface area contributed by atoms with Crippen LogP contribution in [0.2, 0.25) is 0 Å². The van der Waals surface area contributed by atoms with E-state index in [9.17, 15) is 4.79 Å². The average molecular weight is 264 g/mol. The third kappa shape index (κ3) is 3.47. The molecule has 0 aliphatic carbocycles. The molecule has 0 radical (unpaired) electrons. The van der Waals surface area contributed by atoms with Crippen molar-refractivity contribution in [1.82, 2.24) is 5.32 Å². The van der Waals surface area contributed by atoms with Crippen molar-refractivity contribution >= 4 is 5.91 Å². The van der Waals surface area contributed by atoms with Crippen LogP contribution in [-0.4, -0.2) is 26.1 Å². The number of nitrogens with one attached hydrogen (secondary N) is 1. The minimum Gasteiger partial charge on any atom is -0.496 e. The third-order valence-corrected chi connectivity index (χ3v) is 3.49. The first-order valence-corrected chi connectivity index (χ1v) is 6.55. The molecule has 0 aliphatic rings. The molecule has 4 nitrogen and oxygen atoms in total. The van der Waals surface area contributed by atoms with Gasteiger partial charge in [-0.3, -0.25) is 4.79 Å². The molecule has 1 aromatic carbocycles. The molecule has 4 heteroatoms. The highest BCUT2D eigenvalue weighted by atomic mass is 16.5. The number of benzene rings is 1. The Bertz CT molecular complexity index is 470. The second kappa shape index (κ2) is 6.57. The Morgan fingerprint density at radius 2 is 2.00 bits per heavy atom. The van der Waals surface area contributed by atoms with Crippen LogP contribution in [0.5, 0.6) is 5.75 Å². The van der Waals surface area contributed by atoms with E-state index in [2.05, 4.69) is 5.32 Å². The zero-order valence-electron chi connectivity index (χ0n) is 12.5. The first-order valence-electron chi connectivity index (χ1n) is 6.55. The number of aryl methyl sites for hydroxylation is 1. The van der Waals surface area contributed by atoms with Gasteiger partial charge in [0.25, 0.3) is 5.91 Å². The van der Waals surface area contributed by atoms with Crippen LogP contribution in [0.15, 0.2) is 6.07 Å². The number of rotatable bonds is 5. The molecular formula is C15H24N2O2. The monoisotopic (exact) mass is 264 g/mol. The average Bonchev–Trinajstić information content (AvgIpc) is 2.40. The van der Waals surface area contributed by atoms with Gasteiger partial charge in [0.2, 0.25) is 0 Å². The minimum absolute atomic E-state index is 0.0494. The Balaban J connectivity index is 2.98. The second-order valence-corrected chi connectivity index (χ2v) is 5.08. The SMILES string of the molecule is COc1c(C)cc(C(=O)NCC(C)CN)c(C)c1C. The van der Waals surface area contributed by atoms with E-state index >= 15 is 0 Å². The molecule has 0 fully saturated rings. The number of ether oxygens (including phenoxy) is 1. The number of carbonyl (C=O) groups is 1. The van der Waals surface area contributed by atoms with Crippen LogP contribution in [0.3, 0.4) is 0 Å². The Kier molecular flexibility index (Phi) is 5.36. The molecule has 106 valence electrons. The van der Waals surface area contributed by atoms with Gasteiger partial charge in [0.1, 0.15) is 5.75 Å². The van der Waals surface area contributed by atoms with Crippen molar-refractivity contribution in [3.63, 3.8) is 0 Å². The maximum Gasteiger partial charge on any atom is 0.251 e. The van der Waals surface area contributed by atoms with Crippen LogP contribution >= 0.6 is 0 Å². The number of nitrogens with two attached hydrogens (primary N) is 1. The summed E-state index contributed by atoms with van der Waals surface area (Å²) >= 11 is 0. The number of amides is 1. The van der Waals surface area contributed by atoms with E-state index in [1.54, 1.807) is 7.11 Å². The van der Waals surface area contributed by atoms with Gasteiger partial charge < -0.3 is 15.8 Å². The summed E-state index contributed by atoms with van der Waals surface area (Å²) < 4.78 is 5.36. The van der Waals surface area contributed by atoms with E-state index in [-0.39, 0.29) is 11.8 Å². The number of hydrogen-bond donors (Lipinski definition) is 2. The molecule has 19 heavy (non-hydrogen) atoms. The predicted octanol–water partition coefficient (Wildman–Crippen LogP) is 1.95. The highest BCUT2D eigenvalue weighted by Crippen LogP contribution is 2.28. The normalized spacial score (nSPS) is 12.1. The Labute approximate surface area is 115 Å². The van der Waals surface area contributed by atoms with Crippen LogP contribution in [0.1, 0.15) is 34.0 Å². The highest BCUT2D eigenvalue weighted by molar-refractivity contribution is 5.96. The van der Waals surface area contributed by atoms with Gasteiger partial charge in [0.15, 0.2) is 0 Å². The smallest absolute Gasteiger partial charge is 0.251 e. The van der Waals surface area contributed by atoms with E-state index in [4.69, 9.17) is 10.5 Å². The first kappa shape index (κ1) is 15.5. The topological polar surface area (TPSA) is 64.3 Å². The quantitative estimate of drug-likeness (QED) is 0.854. The zero-order chi connectivity index (χ0) is 14.6. The maximum atomic E-state index is 12.2. The fourth-order valence-electron chi connectivity index (χ4n) is 2.05. The first-order chi connectivity index (χ1) is 8.92. The molecule has 1 atom stereocenters. The Hall–Kier alpha value is -1.55. The lowest BCUT2D eigenvalue weighted by Crippen LogP contribution is -2.31. The van der Waals surface area contributed by atoms with Crippen molar-refractivity contribution in [1.29, 1.82) is 0 Å². The fraction of sp³-hybridized carbons (Fsp3) is 0.533. The van der Waals surface area contributed by atoms with Crippen LogP contribution < -0.4 is 15.8 Å². The second-order valence-electron chi connectivity index (χ2n) is 5.08. The van der Waals surface area contributed by atoms with Gasteiger partial charge in [-0.05, 0) is 56.0 Å². The molecule has 0 saturated heterocycles. The molecule has 0 bridgehead atoms. The molecule has 3 N–H and O–H groups in total. The van der Waals surface area contributed by atoms with E-state index in [0.717, 1.165) is 22.4 Å². The molecule has 1 unspecified atom stereocenters.